The molecule has 3 heteroatoms. The topological polar surface area (TPSA) is 58.3 Å². The van der Waals surface area contributed by atoms with Crippen molar-refractivity contribution in [2.45, 2.75) is 50.6 Å². The molecule has 0 heterocycles. The maximum absolute atomic E-state index is 9.28. The van der Waals surface area contributed by atoms with Crippen LogP contribution in [-0.2, 0) is 0 Å². The summed E-state index contributed by atoms with van der Waals surface area (Å²) in [6, 6.07) is 0.506. The van der Waals surface area contributed by atoms with Gasteiger partial charge in [-0.3, -0.25) is 0 Å². The lowest BCUT2D eigenvalue weighted by Gasteiger charge is -2.49. The van der Waals surface area contributed by atoms with Crippen LogP contribution >= 0.6 is 0 Å². The third-order valence-electron chi connectivity index (χ3n) is 4.25. The standard InChI is InChI=1S/C12H24N2O/c1-9-5-12(6-9,8-13)14-11-4-2-3-10(11)7-15/h9-11,14-15H,2-8,13H2,1H3. The van der Waals surface area contributed by atoms with Crippen molar-refractivity contribution in [1.29, 1.82) is 0 Å². The minimum absolute atomic E-state index is 0.196. The summed E-state index contributed by atoms with van der Waals surface area (Å²) in [6.07, 6.45) is 6.04. The quantitative estimate of drug-likeness (QED) is 0.648. The Morgan fingerprint density at radius 1 is 1.40 bits per heavy atom. The van der Waals surface area contributed by atoms with E-state index < -0.39 is 0 Å². The minimum atomic E-state index is 0.196. The van der Waals surface area contributed by atoms with E-state index in [4.69, 9.17) is 5.73 Å². The number of nitrogens with two attached hydrogens (primary N) is 1. The summed E-state index contributed by atoms with van der Waals surface area (Å²) >= 11 is 0. The molecule has 2 rings (SSSR count). The van der Waals surface area contributed by atoms with Gasteiger partial charge in [0, 0.05) is 24.7 Å². The van der Waals surface area contributed by atoms with Gasteiger partial charge in [-0.05, 0) is 37.5 Å². The Bertz CT molecular complexity index is 214. The third kappa shape index (κ3) is 2.19. The first-order valence-corrected chi connectivity index (χ1v) is 6.28. The lowest BCUT2D eigenvalue weighted by molar-refractivity contribution is 0.0898. The molecular formula is C12H24N2O. The van der Waals surface area contributed by atoms with Crippen LogP contribution in [0.3, 0.4) is 0 Å². The van der Waals surface area contributed by atoms with Gasteiger partial charge in [0.25, 0.3) is 0 Å². The van der Waals surface area contributed by atoms with Crippen LogP contribution in [0.2, 0.25) is 0 Å². The zero-order valence-electron chi connectivity index (χ0n) is 9.71. The van der Waals surface area contributed by atoms with Crippen molar-refractivity contribution in [3.63, 3.8) is 0 Å². The Balaban J connectivity index is 1.89. The monoisotopic (exact) mass is 212 g/mol. The summed E-state index contributed by atoms with van der Waals surface area (Å²) in [7, 11) is 0. The van der Waals surface area contributed by atoms with Gasteiger partial charge in [-0.15, -0.1) is 0 Å². The highest BCUT2D eigenvalue weighted by Gasteiger charge is 2.43. The van der Waals surface area contributed by atoms with Crippen molar-refractivity contribution in [3.8, 4) is 0 Å². The number of hydrogen-bond acceptors (Lipinski definition) is 3. The SMILES string of the molecule is CC1CC(CN)(NC2CCCC2CO)C1. The normalized spacial score (nSPS) is 45.4. The van der Waals surface area contributed by atoms with Gasteiger partial charge < -0.3 is 16.2 Å². The van der Waals surface area contributed by atoms with Crippen LogP contribution in [-0.4, -0.2) is 29.8 Å². The lowest BCUT2D eigenvalue weighted by Crippen LogP contribution is -2.62. The van der Waals surface area contributed by atoms with E-state index in [0.29, 0.717) is 18.6 Å². The molecule has 4 N–H and O–H groups in total. The molecule has 2 atom stereocenters. The van der Waals surface area contributed by atoms with Gasteiger partial charge in [0.2, 0.25) is 0 Å². The Hall–Kier alpha value is -0.120. The van der Waals surface area contributed by atoms with Gasteiger partial charge in [0.05, 0.1) is 0 Å². The van der Waals surface area contributed by atoms with Gasteiger partial charge in [-0.25, -0.2) is 0 Å². The van der Waals surface area contributed by atoms with Crippen LogP contribution in [0.15, 0.2) is 0 Å². The first kappa shape index (κ1) is 11.4. The van der Waals surface area contributed by atoms with E-state index in [0.717, 1.165) is 12.5 Å². The van der Waals surface area contributed by atoms with Gasteiger partial charge in [-0.1, -0.05) is 13.3 Å². The summed E-state index contributed by atoms with van der Waals surface area (Å²) < 4.78 is 0. The average molecular weight is 212 g/mol. The Kier molecular flexibility index (Phi) is 3.33. The molecule has 2 aliphatic rings. The molecule has 0 radical (unpaired) electrons. The maximum atomic E-state index is 9.28. The van der Waals surface area contributed by atoms with Crippen LogP contribution in [0.5, 0.6) is 0 Å². The fraction of sp³-hybridized carbons (Fsp3) is 1.00. The van der Waals surface area contributed by atoms with E-state index in [1.165, 1.54) is 32.1 Å². The van der Waals surface area contributed by atoms with Crippen molar-refractivity contribution in [2.75, 3.05) is 13.2 Å². The predicted octanol–water partition coefficient (Wildman–Crippen LogP) is 0.864. The average Bonchev–Trinajstić information content (AvgIpc) is 2.62. The molecule has 2 fully saturated rings. The molecule has 0 aromatic rings. The van der Waals surface area contributed by atoms with Crippen molar-refractivity contribution in [3.05, 3.63) is 0 Å². The van der Waals surface area contributed by atoms with Crippen LogP contribution < -0.4 is 11.1 Å². The lowest BCUT2D eigenvalue weighted by atomic mass is 9.68. The fourth-order valence-electron chi connectivity index (χ4n) is 3.46. The molecule has 2 unspecified atom stereocenters. The molecule has 0 bridgehead atoms. The second-order valence-corrected chi connectivity index (χ2v) is 5.62. The Labute approximate surface area is 92.4 Å². The highest BCUT2D eigenvalue weighted by molar-refractivity contribution is 5.03. The summed E-state index contributed by atoms with van der Waals surface area (Å²) in [5, 5.41) is 13.0. The Morgan fingerprint density at radius 3 is 2.67 bits per heavy atom. The minimum Gasteiger partial charge on any atom is -0.396 e. The second-order valence-electron chi connectivity index (χ2n) is 5.62. The van der Waals surface area contributed by atoms with Crippen molar-refractivity contribution in [2.24, 2.45) is 17.6 Å². The van der Waals surface area contributed by atoms with Crippen LogP contribution in [0.1, 0.15) is 39.0 Å². The summed E-state index contributed by atoms with van der Waals surface area (Å²) in [6.45, 7) is 3.35. The molecule has 0 spiro atoms. The van der Waals surface area contributed by atoms with Crippen LogP contribution in [0, 0.1) is 11.8 Å². The van der Waals surface area contributed by atoms with Gasteiger partial charge in [-0.2, -0.15) is 0 Å². The molecule has 3 nitrogen and oxygen atoms in total. The molecule has 2 aliphatic carbocycles. The molecule has 88 valence electrons. The van der Waals surface area contributed by atoms with Crippen molar-refractivity contribution >= 4 is 0 Å². The van der Waals surface area contributed by atoms with Gasteiger partial charge >= 0.3 is 0 Å². The highest BCUT2D eigenvalue weighted by Crippen LogP contribution is 2.39. The number of aliphatic hydroxyl groups is 1. The van der Waals surface area contributed by atoms with Gasteiger partial charge in [0.15, 0.2) is 0 Å². The van der Waals surface area contributed by atoms with E-state index >= 15 is 0 Å². The van der Waals surface area contributed by atoms with Crippen LogP contribution in [0.25, 0.3) is 0 Å². The zero-order chi connectivity index (χ0) is 10.9. The number of hydrogen-bond donors (Lipinski definition) is 3. The van der Waals surface area contributed by atoms with E-state index in [1.54, 1.807) is 0 Å². The fourth-order valence-corrected chi connectivity index (χ4v) is 3.46. The van der Waals surface area contributed by atoms with Crippen molar-refractivity contribution < 1.29 is 5.11 Å². The Morgan fingerprint density at radius 2 is 2.13 bits per heavy atom. The molecular weight excluding hydrogens is 188 g/mol. The van der Waals surface area contributed by atoms with E-state index in [1.807, 2.05) is 0 Å². The smallest absolute Gasteiger partial charge is 0.0474 e. The first-order valence-electron chi connectivity index (χ1n) is 6.28. The van der Waals surface area contributed by atoms with Gasteiger partial charge in [0.1, 0.15) is 0 Å². The van der Waals surface area contributed by atoms with Crippen molar-refractivity contribution in [1.82, 2.24) is 5.32 Å². The van der Waals surface area contributed by atoms with E-state index in [9.17, 15) is 5.11 Å². The largest absolute Gasteiger partial charge is 0.396 e. The summed E-state index contributed by atoms with van der Waals surface area (Å²) in [5.41, 5.74) is 6.07. The molecule has 0 amide bonds. The highest BCUT2D eigenvalue weighted by atomic mass is 16.3. The van der Waals surface area contributed by atoms with E-state index in [2.05, 4.69) is 12.2 Å². The molecule has 0 aromatic heterocycles. The third-order valence-corrected chi connectivity index (χ3v) is 4.25. The maximum Gasteiger partial charge on any atom is 0.0474 e. The number of rotatable bonds is 4. The van der Waals surface area contributed by atoms with Crippen LogP contribution in [0.4, 0.5) is 0 Å². The number of aliphatic hydroxyl groups excluding tert-OH is 1. The number of nitrogens with one attached hydrogen (secondary N) is 1. The molecule has 15 heavy (non-hydrogen) atoms. The molecule has 0 aromatic carbocycles. The first-order chi connectivity index (χ1) is 7.19. The summed E-state index contributed by atoms with van der Waals surface area (Å²) in [5.74, 6) is 1.28. The zero-order valence-corrected chi connectivity index (χ0v) is 9.71. The molecule has 0 aliphatic heterocycles. The molecule has 0 saturated heterocycles. The predicted molar refractivity (Wildman–Crippen MR) is 61.5 cm³/mol. The second kappa shape index (κ2) is 4.40. The molecule has 2 saturated carbocycles. The summed E-state index contributed by atoms with van der Waals surface area (Å²) in [4.78, 5) is 0. The van der Waals surface area contributed by atoms with E-state index in [-0.39, 0.29) is 5.54 Å².